The average molecular weight is 247 g/mol. The van der Waals surface area contributed by atoms with Crippen molar-refractivity contribution in [2.45, 2.75) is 19.1 Å². The van der Waals surface area contributed by atoms with Gasteiger partial charge in [0.05, 0.1) is 0 Å². The summed E-state index contributed by atoms with van der Waals surface area (Å²) in [6, 6.07) is 10.2. The summed E-state index contributed by atoms with van der Waals surface area (Å²) in [6.07, 6.45) is 1.91. The molecule has 1 aliphatic heterocycles. The maximum atomic E-state index is 10.9. The molecule has 2 rings (SSSR count). The lowest BCUT2D eigenvalue weighted by Gasteiger charge is -2.08. The maximum absolute atomic E-state index is 10.9. The first-order valence-electron chi connectivity index (χ1n) is 6.09. The minimum absolute atomic E-state index is 0.457. The van der Waals surface area contributed by atoms with Gasteiger partial charge in [-0.05, 0) is 31.5 Å². The molecule has 0 bridgehead atoms. The lowest BCUT2D eigenvalue weighted by molar-refractivity contribution is -0.151. The highest BCUT2D eigenvalue weighted by atomic mass is 16.6. The SMILES string of the molecule is O=C1C=C(CCNCCc2ccccc2)C(O)O1. The van der Waals surface area contributed by atoms with Gasteiger partial charge in [-0.25, -0.2) is 4.79 Å². The van der Waals surface area contributed by atoms with Gasteiger partial charge in [0.2, 0.25) is 6.29 Å². The summed E-state index contributed by atoms with van der Waals surface area (Å²) in [6.45, 7) is 1.61. The van der Waals surface area contributed by atoms with E-state index in [0.717, 1.165) is 19.5 Å². The Labute approximate surface area is 106 Å². The van der Waals surface area contributed by atoms with Crippen molar-refractivity contribution in [3.05, 3.63) is 47.5 Å². The summed E-state index contributed by atoms with van der Waals surface area (Å²) in [7, 11) is 0. The van der Waals surface area contributed by atoms with E-state index in [-0.39, 0.29) is 0 Å². The summed E-state index contributed by atoms with van der Waals surface area (Å²) in [4.78, 5) is 10.9. The van der Waals surface area contributed by atoms with Crippen LogP contribution in [0.5, 0.6) is 0 Å². The molecule has 2 N–H and O–H groups in total. The maximum Gasteiger partial charge on any atom is 0.333 e. The van der Waals surface area contributed by atoms with Gasteiger partial charge in [0.1, 0.15) is 0 Å². The van der Waals surface area contributed by atoms with Gasteiger partial charge in [0, 0.05) is 11.6 Å². The number of hydrogen-bond acceptors (Lipinski definition) is 4. The third-order valence-corrected chi connectivity index (χ3v) is 2.87. The van der Waals surface area contributed by atoms with Crippen molar-refractivity contribution in [2.75, 3.05) is 13.1 Å². The number of nitrogens with one attached hydrogen (secondary N) is 1. The number of benzene rings is 1. The van der Waals surface area contributed by atoms with Gasteiger partial charge in [-0.2, -0.15) is 0 Å². The highest BCUT2D eigenvalue weighted by Gasteiger charge is 2.22. The lowest BCUT2D eigenvalue weighted by atomic mass is 10.1. The first-order valence-corrected chi connectivity index (χ1v) is 6.09. The molecule has 0 saturated carbocycles. The molecule has 0 saturated heterocycles. The number of carbonyl (C=O) groups is 1. The average Bonchev–Trinajstić information content (AvgIpc) is 2.69. The second kappa shape index (κ2) is 6.33. The van der Waals surface area contributed by atoms with Crippen molar-refractivity contribution in [1.82, 2.24) is 5.32 Å². The number of esters is 1. The molecular weight excluding hydrogens is 230 g/mol. The number of aliphatic hydroxyl groups is 1. The van der Waals surface area contributed by atoms with E-state index >= 15 is 0 Å². The number of aliphatic hydroxyl groups excluding tert-OH is 1. The third kappa shape index (κ3) is 3.68. The molecule has 1 aliphatic rings. The molecule has 4 heteroatoms. The van der Waals surface area contributed by atoms with Crippen LogP contribution >= 0.6 is 0 Å². The normalized spacial score (nSPS) is 18.6. The molecule has 1 atom stereocenters. The molecule has 0 aromatic heterocycles. The molecule has 1 unspecified atom stereocenters. The first-order chi connectivity index (χ1) is 8.75. The largest absolute Gasteiger partial charge is 0.429 e. The van der Waals surface area contributed by atoms with Crippen LogP contribution in [0.4, 0.5) is 0 Å². The molecule has 1 aromatic carbocycles. The van der Waals surface area contributed by atoms with Gasteiger partial charge in [0.15, 0.2) is 0 Å². The van der Waals surface area contributed by atoms with Crippen LogP contribution in [0.15, 0.2) is 42.0 Å². The van der Waals surface area contributed by atoms with Crippen molar-refractivity contribution in [3.63, 3.8) is 0 Å². The molecule has 0 aliphatic carbocycles. The van der Waals surface area contributed by atoms with E-state index in [0.29, 0.717) is 12.0 Å². The number of hydrogen-bond donors (Lipinski definition) is 2. The molecule has 1 heterocycles. The summed E-state index contributed by atoms with van der Waals surface area (Å²) >= 11 is 0. The van der Waals surface area contributed by atoms with E-state index in [9.17, 15) is 9.90 Å². The zero-order chi connectivity index (χ0) is 12.8. The minimum atomic E-state index is -1.05. The zero-order valence-electron chi connectivity index (χ0n) is 10.1. The fourth-order valence-corrected chi connectivity index (χ4v) is 1.87. The number of ether oxygens (including phenoxy) is 1. The van der Waals surface area contributed by atoms with Crippen LogP contribution in [0.25, 0.3) is 0 Å². The Morgan fingerprint density at radius 1 is 1.17 bits per heavy atom. The smallest absolute Gasteiger partial charge is 0.333 e. The van der Waals surface area contributed by atoms with Gasteiger partial charge in [0.25, 0.3) is 0 Å². The van der Waals surface area contributed by atoms with Crippen LogP contribution in [0.2, 0.25) is 0 Å². The van der Waals surface area contributed by atoms with Crippen LogP contribution in [0, 0.1) is 0 Å². The highest BCUT2D eigenvalue weighted by Crippen LogP contribution is 2.15. The topological polar surface area (TPSA) is 58.6 Å². The molecule has 0 spiro atoms. The molecule has 96 valence electrons. The molecule has 4 nitrogen and oxygen atoms in total. The predicted molar refractivity (Wildman–Crippen MR) is 67.8 cm³/mol. The Balaban J connectivity index is 1.62. The summed E-state index contributed by atoms with van der Waals surface area (Å²) in [5.41, 5.74) is 1.94. The standard InChI is InChI=1S/C14H17NO3/c16-13-10-12(14(17)18-13)7-9-15-8-6-11-4-2-1-3-5-11/h1-5,10,14-15,17H,6-9H2. The number of rotatable bonds is 6. The van der Waals surface area contributed by atoms with Crippen LogP contribution in [-0.4, -0.2) is 30.5 Å². The quantitative estimate of drug-likeness (QED) is 0.582. The fourth-order valence-electron chi connectivity index (χ4n) is 1.87. The predicted octanol–water partition coefficient (Wildman–Crippen LogP) is 1.01. The van der Waals surface area contributed by atoms with Crippen LogP contribution in [-0.2, 0) is 16.0 Å². The minimum Gasteiger partial charge on any atom is -0.429 e. The Bertz CT molecular complexity index is 428. The number of cyclic esters (lactones) is 1. The van der Waals surface area contributed by atoms with E-state index in [4.69, 9.17) is 0 Å². The van der Waals surface area contributed by atoms with Gasteiger partial charge < -0.3 is 15.2 Å². The molecule has 18 heavy (non-hydrogen) atoms. The van der Waals surface area contributed by atoms with Gasteiger partial charge in [-0.1, -0.05) is 30.3 Å². The zero-order valence-corrected chi connectivity index (χ0v) is 10.1. The Kier molecular flexibility index (Phi) is 4.50. The second-order valence-electron chi connectivity index (χ2n) is 4.24. The van der Waals surface area contributed by atoms with Gasteiger partial charge in [-0.3, -0.25) is 0 Å². The Morgan fingerprint density at radius 3 is 2.56 bits per heavy atom. The van der Waals surface area contributed by atoms with E-state index in [1.807, 2.05) is 18.2 Å². The van der Waals surface area contributed by atoms with Crippen molar-refractivity contribution < 1.29 is 14.6 Å². The second-order valence-corrected chi connectivity index (χ2v) is 4.24. The van der Waals surface area contributed by atoms with E-state index < -0.39 is 12.3 Å². The highest BCUT2D eigenvalue weighted by molar-refractivity contribution is 5.85. The summed E-state index contributed by atoms with van der Waals surface area (Å²) in [5, 5.41) is 12.6. The van der Waals surface area contributed by atoms with Crippen molar-refractivity contribution >= 4 is 5.97 Å². The van der Waals surface area contributed by atoms with E-state index in [1.165, 1.54) is 11.6 Å². The third-order valence-electron chi connectivity index (χ3n) is 2.87. The summed E-state index contributed by atoms with van der Waals surface area (Å²) in [5.74, 6) is -0.457. The van der Waals surface area contributed by atoms with E-state index in [1.54, 1.807) is 0 Å². The van der Waals surface area contributed by atoms with Crippen molar-refractivity contribution in [3.8, 4) is 0 Å². The van der Waals surface area contributed by atoms with Crippen molar-refractivity contribution in [2.24, 2.45) is 0 Å². The van der Waals surface area contributed by atoms with Gasteiger partial charge in [-0.15, -0.1) is 0 Å². The molecule has 0 radical (unpaired) electrons. The Hall–Kier alpha value is -1.65. The molecule has 1 aromatic rings. The first kappa shape index (κ1) is 12.8. The Morgan fingerprint density at radius 2 is 1.89 bits per heavy atom. The van der Waals surface area contributed by atoms with Gasteiger partial charge >= 0.3 is 5.97 Å². The fraction of sp³-hybridized carbons (Fsp3) is 0.357. The van der Waals surface area contributed by atoms with E-state index in [2.05, 4.69) is 22.2 Å². The molecule has 0 fully saturated rings. The lowest BCUT2D eigenvalue weighted by Crippen LogP contribution is -2.20. The van der Waals surface area contributed by atoms with Crippen LogP contribution < -0.4 is 5.32 Å². The molecule has 0 amide bonds. The van der Waals surface area contributed by atoms with Crippen LogP contribution in [0.1, 0.15) is 12.0 Å². The van der Waals surface area contributed by atoms with Crippen LogP contribution in [0.3, 0.4) is 0 Å². The number of carbonyl (C=O) groups excluding carboxylic acids is 1. The monoisotopic (exact) mass is 247 g/mol. The molecular formula is C14H17NO3. The van der Waals surface area contributed by atoms with Crippen molar-refractivity contribution in [1.29, 1.82) is 0 Å². The summed E-state index contributed by atoms with van der Waals surface area (Å²) < 4.78 is 4.60.